The largest absolute Gasteiger partial charge is 0.307 e. The number of hydrogen-bond acceptors (Lipinski definition) is 1. The van der Waals surface area contributed by atoms with Gasteiger partial charge in [-0.2, -0.15) is 0 Å². The zero-order chi connectivity index (χ0) is 12.0. The number of hydrogen-bond donors (Lipinski definition) is 1. The van der Waals surface area contributed by atoms with E-state index in [9.17, 15) is 0 Å². The van der Waals surface area contributed by atoms with Gasteiger partial charge < -0.3 is 5.32 Å². The van der Waals surface area contributed by atoms with E-state index in [1.165, 1.54) is 30.4 Å². The van der Waals surface area contributed by atoms with E-state index in [-0.39, 0.29) is 0 Å². The molecule has 1 unspecified atom stereocenters. The minimum Gasteiger partial charge on any atom is -0.307 e. The predicted molar refractivity (Wildman–Crippen MR) is 71.7 cm³/mol. The standard InChI is InChI=1S/C15H25N/c1-5-7-15(6-2)16-13(4)14-10-8-12(3)9-11-14/h8-11,13,15-16H,5-7H2,1-4H3/t13-,15?/m0/s1. The Hall–Kier alpha value is -0.820. The predicted octanol–water partition coefficient (Wildman–Crippen LogP) is 4.22. The van der Waals surface area contributed by atoms with Gasteiger partial charge in [-0.1, -0.05) is 50.1 Å². The lowest BCUT2D eigenvalue weighted by Crippen LogP contribution is -2.30. The molecule has 0 bridgehead atoms. The van der Waals surface area contributed by atoms with Crippen molar-refractivity contribution < 1.29 is 0 Å². The van der Waals surface area contributed by atoms with Crippen LogP contribution in [0, 0.1) is 6.92 Å². The Morgan fingerprint density at radius 3 is 2.25 bits per heavy atom. The summed E-state index contributed by atoms with van der Waals surface area (Å²) in [6, 6.07) is 9.94. The van der Waals surface area contributed by atoms with Crippen molar-refractivity contribution in [3.63, 3.8) is 0 Å². The second-order valence-electron chi connectivity index (χ2n) is 4.69. The molecule has 0 heterocycles. The molecule has 1 aromatic carbocycles. The Morgan fingerprint density at radius 1 is 1.12 bits per heavy atom. The Balaban J connectivity index is 2.56. The van der Waals surface area contributed by atoms with E-state index in [2.05, 4.69) is 57.3 Å². The van der Waals surface area contributed by atoms with E-state index < -0.39 is 0 Å². The Kier molecular flexibility index (Phi) is 5.54. The Morgan fingerprint density at radius 2 is 1.75 bits per heavy atom. The van der Waals surface area contributed by atoms with Crippen LogP contribution in [-0.4, -0.2) is 6.04 Å². The highest BCUT2D eigenvalue weighted by atomic mass is 14.9. The van der Waals surface area contributed by atoms with Crippen LogP contribution in [0.15, 0.2) is 24.3 Å². The van der Waals surface area contributed by atoms with Crippen LogP contribution < -0.4 is 5.32 Å². The fraction of sp³-hybridized carbons (Fsp3) is 0.600. The summed E-state index contributed by atoms with van der Waals surface area (Å²) in [5, 5.41) is 3.70. The van der Waals surface area contributed by atoms with E-state index in [0.29, 0.717) is 12.1 Å². The second-order valence-corrected chi connectivity index (χ2v) is 4.69. The molecule has 0 fully saturated rings. The van der Waals surface area contributed by atoms with Crippen molar-refractivity contribution in [3.8, 4) is 0 Å². The van der Waals surface area contributed by atoms with Gasteiger partial charge in [-0.25, -0.2) is 0 Å². The molecule has 1 aromatic rings. The molecule has 16 heavy (non-hydrogen) atoms. The lowest BCUT2D eigenvalue weighted by Gasteiger charge is -2.22. The molecule has 1 N–H and O–H groups in total. The molecule has 0 aliphatic rings. The fourth-order valence-corrected chi connectivity index (χ4v) is 2.06. The molecule has 1 heteroatoms. The molecule has 1 rings (SSSR count). The third kappa shape index (κ3) is 3.97. The molecule has 0 amide bonds. The van der Waals surface area contributed by atoms with E-state index in [4.69, 9.17) is 0 Å². The molecule has 1 nitrogen and oxygen atoms in total. The van der Waals surface area contributed by atoms with Crippen LogP contribution in [-0.2, 0) is 0 Å². The zero-order valence-electron chi connectivity index (χ0n) is 11.1. The van der Waals surface area contributed by atoms with Crippen molar-refractivity contribution in [2.75, 3.05) is 0 Å². The molecule has 0 radical (unpaired) electrons. The normalized spacial score (nSPS) is 14.8. The number of rotatable bonds is 6. The van der Waals surface area contributed by atoms with Crippen LogP contribution in [0.1, 0.15) is 57.2 Å². The maximum Gasteiger partial charge on any atom is 0.0294 e. The summed E-state index contributed by atoms with van der Waals surface area (Å²) < 4.78 is 0. The monoisotopic (exact) mass is 219 g/mol. The van der Waals surface area contributed by atoms with Gasteiger partial charge in [0.25, 0.3) is 0 Å². The van der Waals surface area contributed by atoms with Crippen molar-refractivity contribution in [3.05, 3.63) is 35.4 Å². The molecular weight excluding hydrogens is 194 g/mol. The highest BCUT2D eigenvalue weighted by Gasteiger charge is 2.10. The molecule has 0 aliphatic carbocycles. The highest BCUT2D eigenvalue weighted by Crippen LogP contribution is 2.15. The summed E-state index contributed by atoms with van der Waals surface area (Å²) in [6.45, 7) is 8.90. The van der Waals surface area contributed by atoms with Crippen molar-refractivity contribution >= 4 is 0 Å². The summed E-state index contributed by atoms with van der Waals surface area (Å²) in [7, 11) is 0. The van der Waals surface area contributed by atoms with Gasteiger partial charge >= 0.3 is 0 Å². The SMILES string of the molecule is CCCC(CC)N[C@@H](C)c1ccc(C)cc1. The van der Waals surface area contributed by atoms with E-state index in [1.54, 1.807) is 0 Å². The molecule has 0 spiro atoms. The van der Waals surface area contributed by atoms with Crippen LogP contribution in [0.25, 0.3) is 0 Å². The van der Waals surface area contributed by atoms with Crippen LogP contribution >= 0.6 is 0 Å². The van der Waals surface area contributed by atoms with Gasteiger partial charge in [-0.05, 0) is 32.3 Å². The van der Waals surface area contributed by atoms with Crippen molar-refractivity contribution in [1.29, 1.82) is 0 Å². The fourth-order valence-electron chi connectivity index (χ4n) is 2.06. The molecule has 2 atom stereocenters. The minimum absolute atomic E-state index is 0.456. The van der Waals surface area contributed by atoms with Gasteiger partial charge in [0.05, 0.1) is 0 Å². The molecule has 0 aliphatic heterocycles. The van der Waals surface area contributed by atoms with Gasteiger partial charge in [0, 0.05) is 12.1 Å². The van der Waals surface area contributed by atoms with Crippen molar-refractivity contribution in [2.24, 2.45) is 0 Å². The molecule has 0 saturated carbocycles. The molecule has 90 valence electrons. The maximum absolute atomic E-state index is 3.70. The van der Waals surface area contributed by atoms with E-state index in [1.807, 2.05) is 0 Å². The smallest absolute Gasteiger partial charge is 0.0294 e. The first-order valence-electron chi connectivity index (χ1n) is 6.50. The topological polar surface area (TPSA) is 12.0 Å². The summed E-state index contributed by atoms with van der Waals surface area (Å²) in [5.74, 6) is 0. The quantitative estimate of drug-likeness (QED) is 0.755. The maximum atomic E-state index is 3.70. The first-order chi connectivity index (χ1) is 7.67. The molecular formula is C15H25N. The average Bonchev–Trinajstić information content (AvgIpc) is 2.29. The second kappa shape index (κ2) is 6.70. The summed E-state index contributed by atoms with van der Waals surface area (Å²) in [5.41, 5.74) is 2.72. The van der Waals surface area contributed by atoms with Crippen molar-refractivity contribution in [2.45, 2.75) is 59.0 Å². The third-order valence-electron chi connectivity index (χ3n) is 3.19. The van der Waals surface area contributed by atoms with Gasteiger partial charge in [-0.3, -0.25) is 0 Å². The number of aryl methyl sites for hydroxylation is 1. The van der Waals surface area contributed by atoms with Crippen LogP contribution in [0.4, 0.5) is 0 Å². The van der Waals surface area contributed by atoms with Gasteiger partial charge in [0.1, 0.15) is 0 Å². The van der Waals surface area contributed by atoms with Crippen LogP contribution in [0.3, 0.4) is 0 Å². The van der Waals surface area contributed by atoms with E-state index in [0.717, 1.165) is 0 Å². The van der Waals surface area contributed by atoms with Gasteiger partial charge in [0.2, 0.25) is 0 Å². The minimum atomic E-state index is 0.456. The van der Waals surface area contributed by atoms with E-state index >= 15 is 0 Å². The lowest BCUT2D eigenvalue weighted by molar-refractivity contribution is 0.417. The van der Waals surface area contributed by atoms with Crippen molar-refractivity contribution in [1.82, 2.24) is 5.32 Å². The lowest BCUT2D eigenvalue weighted by atomic mass is 10.0. The van der Waals surface area contributed by atoms with Crippen LogP contribution in [0.5, 0.6) is 0 Å². The van der Waals surface area contributed by atoms with Gasteiger partial charge in [-0.15, -0.1) is 0 Å². The number of benzene rings is 1. The molecule has 0 aromatic heterocycles. The zero-order valence-corrected chi connectivity index (χ0v) is 11.1. The van der Waals surface area contributed by atoms with Crippen LogP contribution in [0.2, 0.25) is 0 Å². The third-order valence-corrected chi connectivity index (χ3v) is 3.19. The average molecular weight is 219 g/mol. The Labute approximate surface area is 100 Å². The first kappa shape index (κ1) is 13.2. The number of nitrogens with one attached hydrogen (secondary N) is 1. The summed E-state index contributed by atoms with van der Waals surface area (Å²) in [6.07, 6.45) is 3.74. The van der Waals surface area contributed by atoms with Gasteiger partial charge in [0.15, 0.2) is 0 Å². The summed E-state index contributed by atoms with van der Waals surface area (Å²) >= 11 is 0. The highest BCUT2D eigenvalue weighted by molar-refractivity contribution is 5.23. The Bertz CT molecular complexity index is 289. The summed E-state index contributed by atoms with van der Waals surface area (Å²) in [4.78, 5) is 0. The molecule has 0 saturated heterocycles. The first-order valence-corrected chi connectivity index (χ1v) is 6.50.